The topological polar surface area (TPSA) is 76.2 Å². The Morgan fingerprint density at radius 2 is 1.66 bits per heavy atom. The second-order valence-electron chi connectivity index (χ2n) is 7.23. The molecule has 0 bridgehead atoms. The molecule has 0 spiro atoms. The minimum absolute atomic E-state index is 0.170. The molecule has 0 unspecified atom stereocenters. The van der Waals surface area contributed by atoms with Crippen LogP contribution in [-0.4, -0.2) is 30.3 Å². The van der Waals surface area contributed by atoms with Gasteiger partial charge in [-0.15, -0.1) is 0 Å². The number of H-pyrrole nitrogens is 1. The molecular weight excluding hydrogens is 366 g/mol. The maximum Gasteiger partial charge on any atom is 0.256 e. The Morgan fingerprint density at radius 1 is 1.00 bits per heavy atom. The molecule has 0 radical (unpaired) electrons. The molecule has 1 amide bonds. The first-order valence-electron chi connectivity index (χ1n) is 9.66. The second-order valence-corrected chi connectivity index (χ2v) is 7.23. The van der Waals surface area contributed by atoms with E-state index >= 15 is 0 Å². The van der Waals surface area contributed by atoms with E-state index in [4.69, 9.17) is 9.47 Å². The molecule has 0 fully saturated rings. The van der Waals surface area contributed by atoms with Crippen molar-refractivity contribution in [1.29, 1.82) is 0 Å². The van der Waals surface area contributed by atoms with Gasteiger partial charge in [-0.3, -0.25) is 9.89 Å². The summed E-state index contributed by atoms with van der Waals surface area (Å²) < 4.78 is 10.6. The van der Waals surface area contributed by atoms with Crippen LogP contribution in [0, 0.1) is 0 Å². The number of methoxy groups -OCH3 is 2. The van der Waals surface area contributed by atoms with Gasteiger partial charge < -0.3 is 14.8 Å². The van der Waals surface area contributed by atoms with Crippen molar-refractivity contribution >= 4 is 11.7 Å². The molecule has 3 aromatic rings. The molecule has 0 atom stereocenters. The Bertz CT molecular complexity index is 940. The first-order chi connectivity index (χ1) is 14.0. The van der Waals surface area contributed by atoms with Gasteiger partial charge in [-0.1, -0.05) is 26.0 Å². The number of carbonyl (C=O) groups excluding carboxylic acids is 1. The van der Waals surface area contributed by atoms with Crippen LogP contribution in [0.2, 0.25) is 0 Å². The van der Waals surface area contributed by atoms with Crippen molar-refractivity contribution in [1.82, 2.24) is 10.2 Å². The fraction of sp³-hybridized carbons (Fsp3) is 0.304. The van der Waals surface area contributed by atoms with Gasteiger partial charge in [0.1, 0.15) is 11.5 Å². The first kappa shape index (κ1) is 20.5. The number of nitrogens with zero attached hydrogens (tertiary/aromatic N) is 1. The molecule has 29 heavy (non-hydrogen) atoms. The summed E-state index contributed by atoms with van der Waals surface area (Å²) in [5, 5.41) is 10.0. The monoisotopic (exact) mass is 393 g/mol. The molecule has 0 aliphatic heterocycles. The number of amides is 1. The van der Waals surface area contributed by atoms with Crippen LogP contribution in [0.15, 0.2) is 48.5 Å². The summed E-state index contributed by atoms with van der Waals surface area (Å²) in [5.74, 6) is 2.31. The van der Waals surface area contributed by atoms with Crippen molar-refractivity contribution in [2.75, 3.05) is 19.5 Å². The molecule has 152 valence electrons. The van der Waals surface area contributed by atoms with Gasteiger partial charge in [0.15, 0.2) is 5.82 Å². The van der Waals surface area contributed by atoms with Crippen LogP contribution >= 0.6 is 0 Å². The van der Waals surface area contributed by atoms with Gasteiger partial charge in [-0.05, 0) is 54.2 Å². The van der Waals surface area contributed by atoms with Crippen LogP contribution in [0.3, 0.4) is 0 Å². The third-order valence-electron chi connectivity index (χ3n) is 4.81. The van der Waals surface area contributed by atoms with Crippen LogP contribution in [0.25, 0.3) is 0 Å². The number of rotatable bonds is 8. The lowest BCUT2D eigenvalue weighted by atomic mass is 10.0. The fourth-order valence-corrected chi connectivity index (χ4v) is 3.05. The minimum Gasteiger partial charge on any atom is -0.497 e. The lowest BCUT2D eigenvalue weighted by Gasteiger charge is -2.08. The highest BCUT2D eigenvalue weighted by molar-refractivity contribution is 6.03. The molecule has 2 aromatic carbocycles. The lowest BCUT2D eigenvalue weighted by molar-refractivity contribution is 0.102. The summed E-state index contributed by atoms with van der Waals surface area (Å²) in [6.45, 7) is 4.25. The van der Waals surface area contributed by atoms with Crippen LogP contribution in [0.4, 0.5) is 5.82 Å². The molecule has 0 aliphatic rings. The van der Waals surface area contributed by atoms with Gasteiger partial charge in [-0.2, -0.15) is 5.10 Å². The van der Waals surface area contributed by atoms with E-state index in [9.17, 15) is 4.79 Å². The van der Waals surface area contributed by atoms with Gasteiger partial charge >= 0.3 is 0 Å². The summed E-state index contributed by atoms with van der Waals surface area (Å²) in [5.41, 5.74) is 3.86. The third-order valence-corrected chi connectivity index (χ3v) is 4.81. The third kappa shape index (κ3) is 5.38. The normalized spacial score (nSPS) is 10.8. The lowest BCUT2D eigenvalue weighted by Crippen LogP contribution is -2.12. The van der Waals surface area contributed by atoms with Crippen molar-refractivity contribution < 1.29 is 14.3 Å². The minimum atomic E-state index is -0.170. The van der Waals surface area contributed by atoms with E-state index in [1.54, 1.807) is 14.2 Å². The quantitative estimate of drug-likeness (QED) is 0.587. The number of carbonyl (C=O) groups is 1. The smallest absolute Gasteiger partial charge is 0.256 e. The van der Waals surface area contributed by atoms with Crippen molar-refractivity contribution in [3.05, 3.63) is 70.9 Å². The van der Waals surface area contributed by atoms with E-state index in [0.29, 0.717) is 17.3 Å². The number of ether oxygens (including phenoxy) is 2. The van der Waals surface area contributed by atoms with Crippen LogP contribution in [-0.2, 0) is 12.8 Å². The van der Waals surface area contributed by atoms with E-state index < -0.39 is 0 Å². The number of benzene rings is 2. The van der Waals surface area contributed by atoms with Crippen molar-refractivity contribution in [2.45, 2.75) is 32.6 Å². The maximum atomic E-state index is 12.4. The fourth-order valence-electron chi connectivity index (χ4n) is 3.05. The second kappa shape index (κ2) is 9.28. The number of hydrogen-bond acceptors (Lipinski definition) is 4. The largest absolute Gasteiger partial charge is 0.497 e. The zero-order chi connectivity index (χ0) is 20.8. The Balaban J connectivity index is 1.60. The maximum absolute atomic E-state index is 12.4. The molecular formula is C23H27N3O3. The highest BCUT2D eigenvalue weighted by atomic mass is 16.5. The van der Waals surface area contributed by atoms with Gasteiger partial charge in [0.05, 0.1) is 14.2 Å². The summed E-state index contributed by atoms with van der Waals surface area (Å²) in [4.78, 5) is 12.4. The van der Waals surface area contributed by atoms with Crippen molar-refractivity contribution in [3.63, 3.8) is 0 Å². The highest BCUT2D eigenvalue weighted by Crippen LogP contribution is 2.23. The molecule has 0 aliphatic carbocycles. The zero-order valence-electron chi connectivity index (χ0n) is 17.3. The average Bonchev–Trinajstić information content (AvgIpc) is 3.19. The van der Waals surface area contributed by atoms with Gasteiger partial charge in [-0.25, -0.2) is 0 Å². The van der Waals surface area contributed by atoms with Crippen LogP contribution < -0.4 is 14.8 Å². The molecule has 6 heteroatoms. The Hall–Kier alpha value is -3.28. The number of hydrogen-bond donors (Lipinski definition) is 2. The van der Waals surface area contributed by atoms with Gasteiger partial charge in [0.2, 0.25) is 0 Å². The average molecular weight is 393 g/mol. The van der Waals surface area contributed by atoms with E-state index in [0.717, 1.165) is 35.6 Å². The van der Waals surface area contributed by atoms with E-state index in [-0.39, 0.29) is 5.91 Å². The predicted octanol–water partition coefficient (Wildman–Crippen LogP) is 4.59. The van der Waals surface area contributed by atoms with Crippen molar-refractivity contribution in [3.8, 4) is 11.5 Å². The zero-order valence-corrected chi connectivity index (χ0v) is 17.3. The molecule has 6 nitrogen and oxygen atoms in total. The number of aromatic amines is 1. The predicted molar refractivity (Wildman–Crippen MR) is 114 cm³/mol. The summed E-state index contributed by atoms with van der Waals surface area (Å²) in [6, 6.07) is 15.3. The molecule has 3 rings (SSSR count). The first-order valence-corrected chi connectivity index (χ1v) is 9.66. The Labute approximate surface area is 171 Å². The van der Waals surface area contributed by atoms with Crippen molar-refractivity contribution in [2.24, 2.45) is 0 Å². The van der Waals surface area contributed by atoms with Gasteiger partial charge in [0.25, 0.3) is 5.91 Å². The Morgan fingerprint density at radius 3 is 2.24 bits per heavy atom. The molecule has 2 N–H and O–H groups in total. The SMILES string of the molecule is COc1cc(CCc2cc(NC(=O)c3ccc(C(C)C)cc3)n[nH]2)cc(OC)c1. The highest BCUT2D eigenvalue weighted by Gasteiger charge is 2.10. The van der Waals surface area contributed by atoms with E-state index in [1.165, 1.54) is 5.56 Å². The number of aryl methyl sites for hydroxylation is 2. The van der Waals surface area contributed by atoms with Gasteiger partial charge in [0, 0.05) is 23.4 Å². The molecule has 0 saturated heterocycles. The van der Waals surface area contributed by atoms with E-state index in [1.807, 2.05) is 48.5 Å². The molecule has 1 heterocycles. The molecule has 1 aromatic heterocycles. The number of nitrogens with one attached hydrogen (secondary N) is 2. The summed E-state index contributed by atoms with van der Waals surface area (Å²) >= 11 is 0. The van der Waals surface area contributed by atoms with E-state index in [2.05, 4.69) is 29.4 Å². The van der Waals surface area contributed by atoms with Crippen LogP contribution in [0.5, 0.6) is 11.5 Å². The van der Waals surface area contributed by atoms with Crippen LogP contribution in [0.1, 0.15) is 46.9 Å². The number of anilines is 1. The molecule has 0 saturated carbocycles. The standard InChI is InChI=1S/C23H27N3O3/c1-15(2)17-6-8-18(9-7-17)23(27)24-22-13-19(25-26-22)10-5-16-11-20(28-3)14-21(12-16)29-4/h6-9,11-15H,5,10H2,1-4H3,(H2,24,25,26,27). The summed E-state index contributed by atoms with van der Waals surface area (Å²) in [7, 11) is 3.28. The number of aromatic nitrogens is 2. The Kier molecular flexibility index (Phi) is 6.54. The summed E-state index contributed by atoms with van der Waals surface area (Å²) in [6.07, 6.45) is 1.54.